The van der Waals surface area contributed by atoms with Crippen LogP contribution in [0.1, 0.15) is 272 Å². The number of carboxylic acid groups (broad SMARTS) is 3. The Balaban J connectivity index is -0.000000364. The highest BCUT2D eigenvalue weighted by Gasteiger charge is 2.31. The number of carbonyl (C=O) groups is 16. The number of alkyl carbamates (subject to hydrolysis) is 9. The largest absolute Gasteiger partial charge is 0.480 e. The van der Waals surface area contributed by atoms with Crippen molar-refractivity contribution >= 4 is 96.4 Å². The SMILES string of the molecule is CC(C)(C)OC(=O)NCC[C@@H](CC#N)NC(=O)OC(C)(C)C.CC(C)(C)OC(=O)NCC[C@H](NC(=O)OC(C)(C)C)C(=O)O.CC(C)(C)OC(=O)N[C@@H](CCC(N)=O)C(=O)O.CN(CC(=O)O)NC(=O)C[C@@H](N)CCN.CN(CC(=O)OC(C)(C)C)NC(=O)C[C@H](CCNC(=O)OC(C)(C)C)NC(=O)OC(C)(C)C.COC[C@H](CCNC(=O)OC(C)(C)C)NC(=O)OC(C)(C)C. The van der Waals surface area contributed by atoms with E-state index in [2.05, 4.69) is 58.7 Å². The van der Waals surface area contributed by atoms with Crippen molar-refractivity contribution in [1.82, 2.24) is 68.7 Å². The normalized spacial score (nSPS) is 12.9. The summed E-state index contributed by atoms with van der Waals surface area (Å²) in [5.41, 5.74) is 14.4. The summed E-state index contributed by atoms with van der Waals surface area (Å²) in [6.07, 6.45) is -3.95. The highest BCUT2D eigenvalue weighted by molar-refractivity contribution is 5.83. The molecule has 0 rings (SSSR count). The first-order valence-electron chi connectivity index (χ1n) is 42.3. The van der Waals surface area contributed by atoms with Crippen LogP contribution in [0.4, 0.5) is 43.2 Å². The minimum Gasteiger partial charge on any atom is -0.480 e. The maximum atomic E-state index is 12.5. The Hall–Kier alpha value is -11.0. The van der Waals surface area contributed by atoms with E-state index in [1.54, 1.807) is 215 Å². The molecule has 0 spiro atoms. The summed E-state index contributed by atoms with van der Waals surface area (Å²) in [6.45, 7) is 53.4. The van der Waals surface area contributed by atoms with Gasteiger partial charge in [0.1, 0.15) is 81.2 Å². The molecule has 0 aromatic heterocycles. The van der Waals surface area contributed by atoms with E-state index in [0.29, 0.717) is 39.0 Å². The number of amides is 12. The molecule has 0 fully saturated rings. The molecule has 12 amide bonds. The smallest absolute Gasteiger partial charge is 0.408 e. The Morgan fingerprint density at radius 1 is 0.359 bits per heavy atom. The summed E-state index contributed by atoms with van der Waals surface area (Å²) in [6, 6.07) is -1.91. The topological polar surface area (TPSA) is 676 Å². The number of hydrogen-bond donors (Lipinski definition) is 17. The number of methoxy groups -OCH3 is 1. The molecule has 0 saturated carbocycles. The molecule has 0 aliphatic rings. The van der Waals surface area contributed by atoms with Crippen molar-refractivity contribution in [2.45, 2.75) is 364 Å². The standard InChI is InChI=1S/C22H42N4O7.C15H27N3O4.C15H30N2O5.C14H26N2O6.C10H18N2O5.C8H18N4O3/c1-20(2,3)31-17(28)14-26(10)25-16(27)13-15(24-19(30)33-22(7,8)9)11-12-23-18(29)32-21(4,5)6;1-14(2,3)21-12(19)17-10-8-11(7-9-16)18-13(20)22-15(4,5)6;1-14(2,3)21-12(18)16-9-8-11(10-20-7)17-13(19)22-15(4,5)6;1-13(2,3)21-11(19)15-8-7-9(10(17)18)16-12(20)22-14(4,5)6;1-10(2,3)17-9(16)12-6(8(14)15)4-5-7(11)13;1-12(5-8(14)15)11-7(13)4-6(10)2-3-9/h15H,11-14H2,1-10H3,(H,23,29)(H,24,30)(H,25,27);11H,7-8,10H2,1-6H3,(H,17,19)(H,18,20);11H,8-10H2,1-7H3,(H,16,18)(H,17,19);9H,7-8H2,1-6H3,(H,15,19)(H,16,20)(H,17,18);6H,4-5H2,1-3H3,(H2,11,13)(H,12,16)(H,14,15);6H,2-5,9-10H2,1H3,(H,11,13)(H,14,15)/t15-;2*11-;9-;2*6-/m010000/s1. The number of esters is 1. The number of hydrogen-bond acceptors (Lipinski definition) is 32. The quantitative estimate of drug-likeness (QED) is 0.0160. The van der Waals surface area contributed by atoms with Gasteiger partial charge in [0.15, 0.2) is 0 Å². The zero-order chi connectivity index (χ0) is 104. The summed E-state index contributed by atoms with van der Waals surface area (Å²) in [7, 11) is 4.55. The fourth-order valence-corrected chi connectivity index (χ4v) is 8.85. The molecule has 0 radical (unpaired) electrons. The number of primary amides is 1. The van der Waals surface area contributed by atoms with E-state index in [1.165, 1.54) is 24.1 Å². The maximum absolute atomic E-state index is 12.5. The van der Waals surface area contributed by atoms with Gasteiger partial charge in [0, 0.05) is 84.8 Å². The van der Waals surface area contributed by atoms with Crippen LogP contribution in [-0.2, 0) is 85.7 Å². The zero-order valence-electron chi connectivity index (χ0n) is 83.6. The Morgan fingerprint density at radius 3 is 0.916 bits per heavy atom. The van der Waals surface area contributed by atoms with Crippen molar-refractivity contribution in [3.8, 4) is 6.07 Å². The Kier molecular flexibility index (Phi) is 63.0. The number of hydrazine groups is 2. The first-order chi connectivity index (χ1) is 59.0. The zero-order valence-corrected chi connectivity index (χ0v) is 83.6. The third kappa shape index (κ3) is 97.9. The van der Waals surface area contributed by atoms with Crippen LogP contribution >= 0.6 is 0 Å². The van der Waals surface area contributed by atoms with Crippen LogP contribution in [0.5, 0.6) is 0 Å². The monoisotopic (exact) mass is 1890 g/mol. The van der Waals surface area contributed by atoms with E-state index in [0.717, 1.165) is 0 Å². The van der Waals surface area contributed by atoms with Crippen molar-refractivity contribution in [2.75, 3.05) is 73.6 Å². The fourth-order valence-electron chi connectivity index (χ4n) is 8.85. The Bertz CT molecular complexity index is 3530. The van der Waals surface area contributed by atoms with Crippen molar-refractivity contribution in [3.63, 3.8) is 0 Å². The molecule has 0 unspecified atom stereocenters. The molecule has 0 bridgehead atoms. The number of ether oxygens (including phenoxy) is 11. The van der Waals surface area contributed by atoms with Gasteiger partial charge in [-0.15, -0.1) is 0 Å². The van der Waals surface area contributed by atoms with Gasteiger partial charge in [-0.05, 0) is 253 Å². The van der Waals surface area contributed by atoms with Crippen LogP contribution in [0.15, 0.2) is 0 Å². The van der Waals surface area contributed by atoms with Crippen LogP contribution < -0.4 is 75.9 Å². The first kappa shape index (κ1) is 131. The lowest BCUT2D eigenvalue weighted by atomic mass is 10.1. The average molecular weight is 1890 g/mol. The summed E-state index contributed by atoms with van der Waals surface area (Å²) in [5, 5.41) is 60.2. The van der Waals surface area contributed by atoms with Crippen molar-refractivity contribution in [1.29, 1.82) is 5.26 Å². The number of nitrogens with zero attached hydrogens (tertiary/aromatic N) is 3. The predicted octanol–water partition coefficient (Wildman–Crippen LogP) is 7.85. The Morgan fingerprint density at radius 2 is 0.626 bits per heavy atom. The molecule has 6 atom stereocenters. The average Bonchev–Trinajstić information content (AvgIpc) is 0.903. The van der Waals surface area contributed by atoms with E-state index < -0.39 is 171 Å². The summed E-state index contributed by atoms with van der Waals surface area (Å²) < 4.78 is 56.2. The van der Waals surface area contributed by atoms with Gasteiger partial charge in [-0.3, -0.25) is 34.8 Å². The van der Waals surface area contributed by atoms with Crippen molar-refractivity contribution in [3.05, 3.63) is 0 Å². The van der Waals surface area contributed by atoms with Gasteiger partial charge in [-0.1, -0.05) is 0 Å². The number of rotatable bonds is 37. The molecule has 131 heavy (non-hydrogen) atoms. The number of likely N-dealkylation sites (N-methyl/N-ethyl adjacent to an activating group) is 2. The lowest BCUT2D eigenvalue weighted by Gasteiger charge is -2.25. The summed E-state index contributed by atoms with van der Waals surface area (Å²) in [4.78, 5) is 183. The highest BCUT2D eigenvalue weighted by atomic mass is 16.6. The van der Waals surface area contributed by atoms with E-state index >= 15 is 0 Å². The van der Waals surface area contributed by atoms with E-state index in [-0.39, 0.29) is 95.7 Å². The van der Waals surface area contributed by atoms with E-state index in [9.17, 15) is 76.7 Å². The molecule has 47 nitrogen and oxygen atoms in total. The predicted molar refractivity (Wildman–Crippen MR) is 483 cm³/mol. The second-order valence-electron chi connectivity index (χ2n) is 39.3. The molecule has 0 heterocycles. The van der Waals surface area contributed by atoms with Gasteiger partial charge >= 0.3 is 78.7 Å². The summed E-state index contributed by atoms with van der Waals surface area (Å²) >= 11 is 0. The van der Waals surface area contributed by atoms with E-state index in [4.69, 9.17) is 89.9 Å². The molecule has 20 N–H and O–H groups in total. The van der Waals surface area contributed by atoms with Gasteiger partial charge in [0.2, 0.25) is 17.7 Å². The second kappa shape index (κ2) is 63.1. The third-order valence-electron chi connectivity index (χ3n) is 13.3. The Labute approximate surface area is 772 Å². The number of carboxylic acids is 3. The third-order valence-corrected chi connectivity index (χ3v) is 13.3. The van der Waals surface area contributed by atoms with Gasteiger partial charge < -0.3 is 132 Å². The molecule has 0 saturated heterocycles. The number of carbonyl (C=O) groups excluding carboxylic acids is 13. The minimum atomic E-state index is -1.24. The van der Waals surface area contributed by atoms with Gasteiger partial charge in [0.25, 0.3) is 0 Å². The van der Waals surface area contributed by atoms with Crippen LogP contribution in [0, 0.1) is 11.3 Å². The van der Waals surface area contributed by atoms with E-state index in [1.807, 2.05) is 6.07 Å². The molecular formula is C84H161N17O30. The number of aliphatic carboxylic acids is 3. The minimum absolute atomic E-state index is 0.00776. The number of nitriles is 1. The highest BCUT2D eigenvalue weighted by Crippen LogP contribution is 2.16. The molecule has 0 aromatic rings. The van der Waals surface area contributed by atoms with Gasteiger partial charge in [0.05, 0.1) is 25.1 Å². The fraction of sp³-hybridized carbons (Fsp3) is 0.798. The van der Waals surface area contributed by atoms with Crippen LogP contribution in [0.3, 0.4) is 0 Å². The van der Waals surface area contributed by atoms with Crippen molar-refractivity contribution < 1.29 is 144 Å². The van der Waals surface area contributed by atoms with Crippen LogP contribution in [0.25, 0.3) is 0 Å². The molecule has 0 aliphatic carbocycles. The lowest BCUT2D eigenvalue weighted by Crippen LogP contribution is -2.47. The first-order valence-corrected chi connectivity index (χ1v) is 42.3. The number of nitrogens with one attached hydrogen (secondary N) is 11. The van der Waals surface area contributed by atoms with Gasteiger partial charge in [-0.25, -0.2) is 62.8 Å². The molecule has 0 aliphatic heterocycles. The van der Waals surface area contributed by atoms with Gasteiger partial charge in [-0.2, -0.15) is 5.26 Å². The molecule has 47 heteroatoms. The number of nitrogens with two attached hydrogens (primary N) is 3. The van der Waals surface area contributed by atoms with Crippen molar-refractivity contribution in [2.24, 2.45) is 17.2 Å². The molecule has 762 valence electrons. The van der Waals surface area contributed by atoms with Crippen LogP contribution in [0.2, 0.25) is 0 Å². The molecule has 0 aromatic carbocycles. The maximum Gasteiger partial charge on any atom is 0.408 e. The lowest BCUT2D eigenvalue weighted by molar-refractivity contribution is -0.157. The molecular weight excluding hydrogens is 1730 g/mol. The second-order valence-corrected chi connectivity index (χ2v) is 39.3. The summed E-state index contributed by atoms with van der Waals surface area (Å²) in [5.74, 6) is -5.31. The van der Waals surface area contributed by atoms with Crippen LogP contribution in [-0.4, -0.2) is 288 Å².